The van der Waals surface area contributed by atoms with Crippen LogP contribution in [-0.4, -0.2) is 76.4 Å². The fraction of sp³-hybridized carbons (Fsp3) is 0.692. The first-order chi connectivity index (χ1) is 24.1. The van der Waals surface area contributed by atoms with Gasteiger partial charge in [0.1, 0.15) is 6.04 Å². The van der Waals surface area contributed by atoms with Crippen molar-refractivity contribution in [2.45, 2.75) is 135 Å². The third kappa shape index (κ3) is 13.7. The first-order valence-corrected chi connectivity index (χ1v) is 20.6. The second-order valence-corrected chi connectivity index (χ2v) is 18.5. The van der Waals surface area contributed by atoms with E-state index in [9.17, 15) is 27.9 Å². The van der Waals surface area contributed by atoms with Crippen LogP contribution in [0.4, 0.5) is 0 Å². The molecule has 11 nitrogen and oxygen atoms in total. The number of aromatic amines is 1. The largest absolute Gasteiger partial charge is 0.391 e. The van der Waals surface area contributed by atoms with E-state index in [1.165, 1.54) is 6.33 Å². The Bertz CT molecular complexity index is 1460. The average Bonchev–Trinajstić information content (AvgIpc) is 3.58. The Morgan fingerprint density at radius 1 is 1.00 bits per heavy atom. The second-order valence-electron chi connectivity index (χ2n) is 15.7. The van der Waals surface area contributed by atoms with E-state index in [1.807, 2.05) is 30.3 Å². The van der Waals surface area contributed by atoms with E-state index in [2.05, 4.69) is 46.7 Å². The Labute approximate surface area is 305 Å². The SMILES string of the molecule is CCCCNC(=O)CCCCCC1C[C@H](NC(=O)[C@H](Cc2cnc[nH]2)NC(=O)[C@@H](Cc2ccccc2)CS(=O)(=O)C(C)(C)C)[C@@H](O)C[C@H]1C(C)C. The van der Waals surface area contributed by atoms with Crippen LogP contribution in [0.25, 0.3) is 0 Å². The topological polar surface area (TPSA) is 170 Å². The lowest BCUT2D eigenvalue weighted by Crippen LogP contribution is -2.57. The molecule has 3 amide bonds. The molecule has 1 aliphatic carbocycles. The Hall–Kier alpha value is -3.25. The molecule has 1 aliphatic rings. The number of hydrogen-bond donors (Lipinski definition) is 5. The number of aliphatic hydroxyl groups excluding tert-OH is 1. The van der Waals surface area contributed by atoms with E-state index in [4.69, 9.17) is 0 Å². The third-order valence-electron chi connectivity index (χ3n) is 10.3. The number of H-pyrrole nitrogens is 1. The summed E-state index contributed by atoms with van der Waals surface area (Å²) in [5.74, 6) is -1.19. The monoisotopic (exact) mass is 729 g/mol. The number of rotatable bonds is 20. The minimum absolute atomic E-state index is 0.103. The molecule has 0 saturated heterocycles. The van der Waals surface area contributed by atoms with Gasteiger partial charge in [0, 0.05) is 31.3 Å². The Kier molecular flexibility index (Phi) is 16.6. The van der Waals surface area contributed by atoms with Crippen molar-refractivity contribution in [2.75, 3.05) is 12.3 Å². The molecule has 2 aromatic rings. The van der Waals surface area contributed by atoms with Crippen molar-refractivity contribution in [3.05, 3.63) is 54.1 Å². The van der Waals surface area contributed by atoms with Gasteiger partial charge in [-0.25, -0.2) is 13.4 Å². The zero-order chi connectivity index (χ0) is 37.6. The smallest absolute Gasteiger partial charge is 0.243 e. The summed E-state index contributed by atoms with van der Waals surface area (Å²) < 4.78 is 25.6. The highest BCUT2D eigenvalue weighted by Gasteiger charge is 2.40. The van der Waals surface area contributed by atoms with E-state index < -0.39 is 50.5 Å². The lowest BCUT2D eigenvalue weighted by atomic mass is 9.69. The van der Waals surface area contributed by atoms with Gasteiger partial charge in [-0.15, -0.1) is 0 Å². The molecule has 0 aliphatic heterocycles. The van der Waals surface area contributed by atoms with Gasteiger partial charge in [0.05, 0.1) is 34.9 Å². The Balaban J connectivity index is 1.72. The van der Waals surface area contributed by atoms with Crippen LogP contribution in [0.15, 0.2) is 42.9 Å². The number of aromatic nitrogens is 2. The predicted octanol–water partition coefficient (Wildman–Crippen LogP) is 4.90. The summed E-state index contributed by atoms with van der Waals surface area (Å²) in [4.78, 5) is 47.1. The van der Waals surface area contributed by atoms with Gasteiger partial charge in [0.15, 0.2) is 9.84 Å². The molecule has 0 spiro atoms. The zero-order valence-corrected chi connectivity index (χ0v) is 32.4. The number of nitrogens with zero attached hydrogens (tertiary/aromatic N) is 1. The van der Waals surface area contributed by atoms with Crippen LogP contribution >= 0.6 is 0 Å². The number of hydrogen-bond acceptors (Lipinski definition) is 7. The minimum Gasteiger partial charge on any atom is -0.391 e. The van der Waals surface area contributed by atoms with Crippen molar-refractivity contribution >= 4 is 27.6 Å². The quantitative estimate of drug-likeness (QED) is 0.121. The van der Waals surface area contributed by atoms with Crippen molar-refractivity contribution in [2.24, 2.45) is 23.7 Å². The van der Waals surface area contributed by atoms with Gasteiger partial charge < -0.3 is 26.0 Å². The number of imidazole rings is 1. The molecule has 12 heteroatoms. The lowest BCUT2D eigenvalue weighted by Gasteiger charge is -2.42. The molecule has 0 radical (unpaired) electrons. The maximum absolute atomic E-state index is 14.0. The van der Waals surface area contributed by atoms with Gasteiger partial charge in [0.25, 0.3) is 0 Å². The van der Waals surface area contributed by atoms with E-state index in [0.29, 0.717) is 36.8 Å². The van der Waals surface area contributed by atoms with Gasteiger partial charge in [-0.2, -0.15) is 0 Å². The van der Waals surface area contributed by atoms with Crippen LogP contribution in [0.3, 0.4) is 0 Å². The average molecular weight is 730 g/mol. The van der Waals surface area contributed by atoms with Gasteiger partial charge in [-0.1, -0.05) is 76.8 Å². The van der Waals surface area contributed by atoms with E-state index in [0.717, 1.165) is 50.6 Å². The molecule has 5 N–H and O–H groups in total. The number of carbonyl (C=O) groups is 3. The standard InChI is InChI=1S/C39H63N5O6S/c1-7-8-19-41-36(46)18-14-10-13-17-29-21-33(35(45)23-32(29)27(2)3)43-38(48)34(22-31-24-40-26-42-31)44-37(47)30(20-28-15-11-9-12-16-28)25-51(49,50)39(4,5)6/h9,11-12,15-16,24,26-27,29-30,32-35,45H,7-8,10,13-14,17-23,25H2,1-6H3,(H,40,42)(H,41,46)(H,43,48)(H,44,47)/t29?,30-,32-,33-,34-,35-/m0/s1. The van der Waals surface area contributed by atoms with E-state index in [1.54, 1.807) is 27.0 Å². The molecule has 51 heavy (non-hydrogen) atoms. The molecule has 1 aromatic carbocycles. The summed E-state index contributed by atoms with van der Waals surface area (Å²) >= 11 is 0. The third-order valence-corrected chi connectivity index (χ3v) is 13.0. The summed E-state index contributed by atoms with van der Waals surface area (Å²) in [6.07, 6.45) is 10.1. The van der Waals surface area contributed by atoms with Gasteiger partial charge >= 0.3 is 0 Å². The highest BCUT2D eigenvalue weighted by atomic mass is 32.2. The van der Waals surface area contributed by atoms with Gasteiger partial charge in [0.2, 0.25) is 17.7 Å². The van der Waals surface area contributed by atoms with Crippen molar-refractivity contribution in [1.29, 1.82) is 0 Å². The first-order valence-electron chi connectivity index (χ1n) is 18.9. The molecule has 1 heterocycles. The summed E-state index contributed by atoms with van der Waals surface area (Å²) in [7, 11) is -3.67. The number of unbranched alkanes of at least 4 members (excludes halogenated alkanes) is 3. The number of aliphatic hydroxyl groups is 1. The first kappa shape index (κ1) is 42.2. The van der Waals surface area contributed by atoms with Crippen LogP contribution in [0, 0.1) is 23.7 Å². The number of amides is 3. The summed E-state index contributed by atoms with van der Waals surface area (Å²) in [6.45, 7) is 12.0. The maximum Gasteiger partial charge on any atom is 0.243 e. The number of carbonyl (C=O) groups excluding carboxylic acids is 3. The zero-order valence-electron chi connectivity index (χ0n) is 31.6. The van der Waals surface area contributed by atoms with E-state index >= 15 is 0 Å². The number of benzene rings is 1. The molecule has 6 atom stereocenters. The summed E-state index contributed by atoms with van der Waals surface area (Å²) in [6, 6.07) is 7.74. The van der Waals surface area contributed by atoms with Crippen molar-refractivity contribution in [1.82, 2.24) is 25.9 Å². The molecule has 1 unspecified atom stereocenters. The molecule has 286 valence electrons. The summed E-state index contributed by atoms with van der Waals surface area (Å²) in [5.41, 5.74) is 1.46. The lowest BCUT2D eigenvalue weighted by molar-refractivity contribution is -0.132. The molecular weight excluding hydrogens is 667 g/mol. The fourth-order valence-electron chi connectivity index (χ4n) is 7.00. The Morgan fingerprint density at radius 2 is 1.73 bits per heavy atom. The van der Waals surface area contributed by atoms with Gasteiger partial charge in [-0.05, 0) is 76.2 Å². The van der Waals surface area contributed by atoms with Crippen molar-refractivity contribution in [3.63, 3.8) is 0 Å². The van der Waals surface area contributed by atoms with Crippen molar-refractivity contribution < 1.29 is 27.9 Å². The van der Waals surface area contributed by atoms with Crippen LogP contribution in [0.5, 0.6) is 0 Å². The van der Waals surface area contributed by atoms with Crippen LogP contribution in [0.2, 0.25) is 0 Å². The molecule has 1 aromatic heterocycles. The highest BCUT2D eigenvalue weighted by Crippen LogP contribution is 2.38. The number of nitrogens with one attached hydrogen (secondary N) is 4. The van der Waals surface area contributed by atoms with Crippen LogP contribution in [0.1, 0.15) is 111 Å². The van der Waals surface area contributed by atoms with Crippen LogP contribution < -0.4 is 16.0 Å². The fourth-order valence-corrected chi connectivity index (χ4v) is 8.30. The predicted molar refractivity (Wildman–Crippen MR) is 201 cm³/mol. The maximum atomic E-state index is 14.0. The normalized spacial score (nSPS) is 20.8. The second kappa shape index (κ2) is 20.1. The Morgan fingerprint density at radius 3 is 2.35 bits per heavy atom. The molecular formula is C39H63N5O6S. The molecule has 1 saturated carbocycles. The van der Waals surface area contributed by atoms with Crippen LogP contribution in [-0.2, 0) is 37.1 Å². The molecule has 3 rings (SSSR count). The highest BCUT2D eigenvalue weighted by molar-refractivity contribution is 7.92. The minimum atomic E-state index is -3.67. The molecule has 1 fully saturated rings. The van der Waals surface area contributed by atoms with E-state index in [-0.39, 0.29) is 30.4 Å². The number of sulfone groups is 1. The summed E-state index contributed by atoms with van der Waals surface area (Å²) in [5, 5.41) is 20.2. The van der Waals surface area contributed by atoms with Gasteiger partial charge in [-0.3, -0.25) is 14.4 Å². The van der Waals surface area contributed by atoms with Crippen molar-refractivity contribution in [3.8, 4) is 0 Å². The molecule has 0 bridgehead atoms.